The predicted molar refractivity (Wildman–Crippen MR) is 66.7 cm³/mol. The normalized spacial score (nSPS) is 11.6. The van der Waals surface area contributed by atoms with Crippen LogP contribution in [-0.4, -0.2) is 15.6 Å². The number of hydrogen-bond acceptors (Lipinski definition) is 3. The van der Waals surface area contributed by atoms with Gasteiger partial charge < -0.3 is 5.11 Å². The molecule has 8 heteroatoms. The number of rotatable bonds is 3. The molecule has 1 N–H and O–H groups in total. The van der Waals surface area contributed by atoms with Crippen LogP contribution in [0.15, 0.2) is 34.4 Å². The number of aliphatic carboxylic acids is 1. The van der Waals surface area contributed by atoms with E-state index in [9.17, 15) is 22.8 Å². The summed E-state index contributed by atoms with van der Waals surface area (Å²) in [6.45, 7) is -0.589. The van der Waals surface area contributed by atoms with Gasteiger partial charge in [0.25, 0.3) is 0 Å². The highest BCUT2D eigenvalue weighted by Crippen LogP contribution is 2.32. The zero-order valence-corrected chi connectivity index (χ0v) is 10.7. The third kappa shape index (κ3) is 2.90. The summed E-state index contributed by atoms with van der Waals surface area (Å²) in [5.74, 6) is -1.24. The number of carboxylic acid groups (broad SMARTS) is 1. The van der Waals surface area contributed by atoms with E-state index in [1.165, 1.54) is 17.5 Å². The van der Waals surface area contributed by atoms with E-state index < -0.39 is 29.1 Å². The maximum Gasteiger partial charge on any atom is 0.416 e. The first-order valence-electron chi connectivity index (χ1n) is 5.37. The van der Waals surface area contributed by atoms with E-state index in [-0.39, 0.29) is 11.3 Å². The number of alkyl halides is 3. The Labute approximate surface area is 114 Å². The molecule has 0 spiro atoms. The number of halogens is 3. The van der Waals surface area contributed by atoms with Crippen LogP contribution in [0.2, 0.25) is 0 Å². The first-order chi connectivity index (χ1) is 9.29. The Balaban J connectivity index is 2.52. The summed E-state index contributed by atoms with van der Waals surface area (Å²) in [7, 11) is 0. The number of benzene rings is 1. The van der Waals surface area contributed by atoms with Crippen LogP contribution in [-0.2, 0) is 17.5 Å². The molecular formula is C12H8F3NO3S. The van der Waals surface area contributed by atoms with Crippen molar-refractivity contribution in [1.29, 1.82) is 0 Å². The predicted octanol–water partition coefficient (Wildman–Crippen LogP) is 2.68. The fourth-order valence-electron chi connectivity index (χ4n) is 1.70. The zero-order chi connectivity index (χ0) is 14.9. The molecule has 0 aliphatic rings. The van der Waals surface area contributed by atoms with Gasteiger partial charge in [-0.25, -0.2) is 0 Å². The van der Waals surface area contributed by atoms with Gasteiger partial charge in [0.2, 0.25) is 0 Å². The number of aromatic nitrogens is 1. The van der Waals surface area contributed by atoms with Gasteiger partial charge in [0.15, 0.2) is 0 Å². The van der Waals surface area contributed by atoms with Crippen LogP contribution in [0.25, 0.3) is 11.3 Å². The molecule has 0 unspecified atom stereocenters. The number of thiazole rings is 1. The van der Waals surface area contributed by atoms with Crippen molar-refractivity contribution in [1.82, 2.24) is 4.57 Å². The summed E-state index contributed by atoms with van der Waals surface area (Å²) in [5, 5.41) is 10.1. The van der Waals surface area contributed by atoms with E-state index in [0.29, 0.717) is 0 Å². The highest BCUT2D eigenvalue weighted by Gasteiger charge is 2.30. The monoisotopic (exact) mass is 303 g/mol. The molecule has 0 bridgehead atoms. The summed E-state index contributed by atoms with van der Waals surface area (Å²) in [4.78, 5) is 21.7. The first-order valence-corrected chi connectivity index (χ1v) is 6.25. The molecular weight excluding hydrogens is 295 g/mol. The molecule has 4 nitrogen and oxygen atoms in total. The van der Waals surface area contributed by atoms with E-state index in [1.54, 1.807) is 0 Å². The largest absolute Gasteiger partial charge is 0.480 e. The van der Waals surface area contributed by atoms with Gasteiger partial charge in [-0.3, -0.25) is 14.2 Å². The molecule has 1 heterocycles. The highest BCUT2D eigenvalue weighted by molar-refractivity contribution is 7.07. The van der Waals surface area contributed by atoms with Crippen molar-refractivity contribution in [2.75, 3.05) is 0 Å². The van der Waals surface area contributed by atoms with Crippen molar-refractivity contribution in [3.63, 3.8) is 0 Å². The van der Waals surface area contributed by atoms with Crippen LogP contribution in [0.5, 0.6) is 0 Å². The van der Waals surface area contributed by atoms with E-state index in [2.05, 4.69) is 0 Å². The third-order valence-corrected chi connectivity index (χ3v) is 3.32. The molecule has 1 aromatic carbocycles. The van der Waals surface area contributed by atoms with Gasteiger partial charge in [0.1, 0.15) is 6.54 Å². The lowest BCUT2D eigenvalue weighted by Crippen LogP contribution is -2.19. The molecule has 0 radical (unpaired) electrons. The molecule has 20 heavy (non-hydrogen) atoms. The Hall–Kier alpha value is -2.09. The average Bonchev–Trinajstić information content (AvgIpc) is 2.70. The molecule has 0 saturated heterocycles. The van der Waals surface area contributed by atoms with Crippen molar-refractivity contribution in [3.05, 3.63) is 44.9 Å². The second-order valence-corrected chi connectivity index (χ2v) is 4.77. The number of carboxylic acids is 1. The lowest BCUT2D eigenvalue weighted by atomic mass is 10.1. The summed E-state index contributed by atoms with van der Waals surface area (Å²) in [5.41, 5.74) is -0.538. The molecule has 2 rings (SSSR count). The van der Waals surface area contributed by atoms with Crippen LogP contribution in [0.4, 0.5) is 13.2 Å². The molecule has 0 saturated carbocycles. The quantitative estimate of drug-likeness (QED) is 0.948. The van der Waals surface area contributed by atoms with Crippen LogP contribution >= 0.6 is 11.3 Å². The van der Waals surface area contributed by atoms with Crippen molar-refractivity contribution >= 4 is 17.3 Å². The van der Waals surface area contributed by atoms with Gasteiger partial charge in [-0.1, -0.05) is 23.5 Å². The summed E-state index contributed by atoms with van der Waals surface area (Å²) in [6, 6.07) is 4.41. The van der Waals surface area contributed by atoms with Crippen LogP contribution in [0.1, 0.15) is 5.56 Å². The molecule has 0 atom stereocenters. The second-order valence-electron chi connectivity index (χ2n) is 3.95. The van der Waals surface area contributed by atoms with Crippen molar-refractivity contribution in [2.45, 2.75) is 12.7 Å². The van der Waals surface area contributed by atoms with Gasteiger partial charge in [-0.2, -0.15) is 13.2 Å². The van der Waals surface area contributed by atoms with E-state index >= 15 is 0 Å². The van der Waals surface area contributed by atoms with Gasteiger partial charge in [0.05, 0.1) is 11.3 Å². The SMILES string of the molecule is O=C(O)Cn1c(-c2cccc(C(F)(F)F)c2)csc1=O. The van der Waals surface area contributed by atoms with Gasteiger partial charge in [0, 0.05) is 5.38 Å². The molecule has 0 aliphatic heterocycles. The molecule has 0 amide bonds. The van der Waals surface area contributed by atoms with Gasteiger partial charge in [-0.15, -0.1) is 0 Å². The summed E-state index contributed by atoms with van der Waals surface area (Å²) < 4.78 is 38.9. The molecule has 1 aromatic heterocycles. The van der Waals surface area contributed by atoms with E-state index in [0.717, 1.165) is 28.0 Å². The van der Waals surface area contributed by atoms with Crippen LogP contribution in [0.3, 0.4) is 0 Å². The Morgan fingerprint density at radius 2 is 2.05 bits per heavy atom. The zero-order valence-electron chi connectivity index (χ0n) is 9.85. The minimum atomic E-state index is -4.50. The standard InChI is InChI=1S/C12H8F3NO3S/c13-12(14,15)8-3-1-2-7(4-8)9-6-20-11(19)16(9)5-10(17)18/h1-4,6H,5H2,(H,17,18). The maximum absolute atomic E-state index is 12.6. The number of hydrogen-bond donors (Lipinski definition) is 1. The first kappa shape index (κ1) is 14.3. The molecule has 0 fully saturated rings. The van der Waals surface area contributed by atoms with E-state index in [1.807, 2.05) is 0 Å². The maximum atomic E-state index is 12.6. The average molecular weight is 303 g/mol. The topological polar surface area (TPSA) is 59.3 Å². The Bertz CT molecular complexity index is 702. The Morgan fingerprint density at radius 3 is 2.65 bits per heavy atom. The van der Waals surface area contributed by atoms with E-state index in [4.69, 9.17) is 5.11 Å². The number of nitrogens with zero attached hydrogens (tertiary/aromatic N) is 1. The van der Waals surface area contributed by atoms with Gasteiger partial charge in [-0.05, 0) is 17.7 Å². The highest BCUT2D eigenvalue weighted by atomic mass is 32.1. The summed E-state index contributed by atoms with van der Waals surface area (Å²) in [6.07, 6.45) is -4.50. The molecule has 106 valence electrons. The van der Waals surface area contributed by atoms with Crippen LogP contribution in [0, 0.1) is 0 Å². The van der Waals surface area contributed by atoms with Crippen molar-refractivity contribution < 1.29 is 23.1 Å². The Kier molecular flexibility index (Phi) is 3.67. The smallest absolute Gasteiger partial charge is 0.416 e. The molecule has 2 aromatic rings. The minimum absolute atomic E-state index is 0.152. The fourth-order valence-corrected chi connectivity index (χ4v) is 2.46. The van der Waals surface area contributed by atoms with Gasteiger partial charge >= 0.3 is 17.0 Å². The van der Waals surface area contributed by atoms with Crippen molar-refractivity contribution in [3.8, 4) is 11.3 Å². The van der Waals surface area contributed by atoms with Crippen molar-refractivity contribution in [2.24, 2.45) is 0 Å². The third-order valence-electron chi connectivity index (χ3n) is 2.56. The summed E-state index contributed by atoms with van der Waals surface area (Å²) >= 11 is 0.744. The Morgan fingerprint density at radius 1 is 1.35 bits per heavy atom. The minimum Gasteiger partial charge on any atom is -0.480 e. The fraction of sp³-hybridized carbons (Fsp3) is 0.167. The van der Waals surface area contributed by atoms with Crippen LogP contribution < -0.4 is 4.87 Å². The molecule has 0 aliphatic carbocycles. The second kappa shape index (κ2) is 5.12. The number of carbonyl (C=O) groups is 1. The lowest BCUT2D eigenvalue weighted by molar-refractivity contribution is -0.138. The lowest BCUT2D eigenvalue weighted by Gasteiger charge is -2.09.